The van der Waals surface area contributed by atoms with Gasteiger partial charge in [0.2, 0.25) is 0 Å². The Labute approximate surface area is 112 Å². The number of halogens is 1. The number of likely N-dealkylation sites (tertiary alicyclic amines) is 1. The van der Waals surface area contributed by atoms with Gasteiger partial charge in [0.05, 0.1) is 6.20 Å². The largest absolute Gasteiger partial charge is 0.299 e. The molecule has 4 heteroatoms. The summed E-state index contributed by atoms with van der Waals surface area (Å²) < 4.78 is 13.2. The van der Waals surface area contributed by atoms with Crippen molar-refractivity contribution >= 4 is 5.78 Å². The zero-order valence-corrected chi connectivity index (χ0v) is 11.0. The van der Waals surface area contributed by atoms with Crippen molar-refractivity contribution in [1.82, 2.24) is 9.88 Å². The van der Waals surface area contributed by atoms with Crippen LogP contribution in [0.3, 0.4) is 0 Å². The van der Waals surface area contributed by atoms with Crippen LogP contribution >= 0.6 is 0 Å². The first kappa shape index (κ1) is 12.7. The minimum absolute atomic E-state index is 0.212. The number of hydrogen-bond acceptors (Lipinski definition) is 3. The molecule has 0 aromatic carbocycles. The number of ketones is 1. The number of nitrogens with zero attached hydrogens (tertiary/aromatic N) is 2. The Morgan fingerprint density at radius 1 is 1.32 bits per heavy atom. The number of carbonyl (C=O) groups is 1. The van der Waals surface area contributed by atoms with Gasteiger partial charge in [0, 0.05) is 31.1 Å². The fraction of sp³-hybridized carbons (Fsp3) is 0.600. The monoisotopic (exact) mass is 262 g/mol. The Hall–Kier alpha value is -1.29. The number of rotatable bonds is 3. The molecule has 2 atom stereocenters. The van der Waals surface area contributed by atoms with Gasteiger partial charge in [-0.25, -0.2) is 4.39 Å². The van der Waals surface area contributed by atoms with Gasteiger partial charge >= 0.3 is 0 Å². The summed E-state index contributed by atoms with van der Waals surface area (Å²) in [5.41, 5.74) is 0.900. The Morgan fingerprint density at radius 2 is 2.21 bits per heavy atom. The van der Waals surface area contributed by atoms with E-state index in [0.29, 0.717) is 18.4 Å². The zero-order valence-electron chi connectivity index (χ0n) is 11.0. The van der Waals surface area contributed by atoms with E-state index in [-0.39, 0.29) is 11.7 Å². The van der Waals surface area contributed by atoms with Crippen LogP contribution < -0.4 is 0 Å². The number of hydrogen-bond donors (Lipinski definition) is 0. The highest BCUT2D eigenvalue weighted by Gasteiger charge is 2.37. The lowest BCUT2D eigenvalue weighted by atomic mass is 9.95. The molecule has 1 aliphatic carbocycles. The summed E-state index contributed by atoms with van der Waals surface area (Å²) >= 11 is 0. The molecule has 2 aliphatic rings. The van der Waals surface area contributed by atoms with E-state index in [1.807, 2.05) is 0 Å². The van der Waals surface area contributed by atoms with Gasteiger partial charge in [-0.05, 0) is 43.9 Å². The topological polar surface area (TPSA) is 33.2 Å². The molecule has 0 amide bonds. The van der Waals surface area contributed by atoms with Crippen LogP contribution in [-0.4, -0.2) is 28.3 Å². The first-order valence-electron chi connectivity index (χ1n) is 7.10. The molecular formula is C15H19FN2O. The van der Waals surface area contributed by atoms with E-state index in [1.54, 1.807) is 12.3 Å². The van der Waals surface area contributed by atoms with Crippen molar-refractivity contribution in [3.63, 3.8) is 0 Å². The minimum atomic E-state index is -0.287. The molecule has 0 radical (unpaired) electrons. The summed E-state index contributed by atoms with van der Waals surface area (Å²) in [6.45, 7) is 1.71. The van der Waals surface area contributed by atoms with Gasteiger partial charge < -0.3 is 0 Å². The van der Waals surface area contributed by atoms with E-state index >= 15 is 0 Å². The number of aromatic nitrogens is 1. The first-order chi connectivity index (χ1) is 9.24. The van der Waals surface area contributed by atoms with Crippen LogP contribution in [0.1, 0.15) is 37.7 Å². The van der Waals surface area contributed by atoms with Crippen LogP contribution in [0, 0.1) is 11.7 Å². The molecular weight excluding hydrogens is 243 g/mol. The fourth-order valence-corrected chi connectivity index (χ4v) is 3.53. The number of pyridine rings is 1. The Kier molecular flexibility index (Phi) is 3.60. The van der Waals surface area contributed by atoms with Crippen molar-refractivity contribution in [2.24, 2.45) is 5.92 Å². The van der Waals surface area contributed by atoms with Crippen molar-refractivity contribution in [2.45, 2.75) is 44.7 Å². The molecule has 0 bridgehead atoms. The highest BCUT2D eigenvalue weighted by Crippen LogP contribution is 2.33. The molecule has 2 unspecified atom stereocenters. The Morgan fingerprint density at radius 3 is 2.95 bits per heavy atom. The Bertz CT molecular complexity index is 477. The lowest BCUT2D eigenvalue weighted by Crippen LogP contribution is -2.37. The van der Waals surface area contributed by atoms with E-state index in [1.165, 1.54) is 6.20 Å². The molecule has 19 heavy (non-hydrogen) atoms. The number of Topliss-reactive ketones (excluding diaryl/α,β-unsaturated/α-hetero) is 1. The maximum absolute atomic E-state index is 13.2. The van der Waals surface area contributed by atoms with Crippen LogP contribution in [0.15, 0.2) is 18.5 Å². The van der Waals surface area contributed by atoms with E-state index in [0.717, 1.165) is 44.2 Å². The second kappa shape index (κ2) is 5.37. The van der Waals surface area contributed by atoms with Crippen molar-refractivity contribution in [2.75, 3.05) is 6.54 Å². The van der Waals surface area contributed by atoms with Crippen molar-refractivity contribution < 1.29 is 9.18 Å². The normalized spacial score (nSPS) is 28.2. The molecule has 102 valence electrons. The summed E-state index contributed by atoms with van der Waals surface area (Å²) in [5.74, 6) is 0.350. The molecule has 0 N–H and O–H groups in total. The number of carbonyl (C=O) groups excluding carboxylic acids is 1. The molecule has 1 saturated carbocycles. The summed E-state index contributed by atoms with van der Waals surface area (Å²) in [7, 11) is 0. The van der Waals surface area contributed by atoms with Crippen LogP contribution in [-0.2, 0) is 11.3 Å². The van der Waals surface area contributed by atoms with E-state index < -0.39 is 0 Å². The Balaban J connectivity index is 1.71. The average molecular weight is 262 g/mol. The van der Waals surface area contributed by atoms with Crippen LogP contribution in [0.2, 0.25) is 0 Å². The van der Waals surface area contributed by atoms with Gasteiger partial charge in [0.15, 0.2) is 0 Å². The first-order valence-corrected chi connectivity index (χ1v) is 7.10. The molecule has 1 aliphatic heterocycles. The van der Waals surface area contributed by atoms with Gasteiger partial charge in [-0.2, -0.15) is 0 Å². The van der Waals surface area contributed by atoms with Crippen LogP contribution in [0.25, 0.3) is 0 Å². The summed E-state index contributed by atoms with van der Waals surface area (Å²) in [6, 6.07) is 1.90. The molecule has 1 saturated heterocycles. The summed E-state index contributed by atoms with van der Waals surface area (Å²) in [5, 5.41) is 0. The van der Waals surface area contributed by atoms with Crippen molar-refractivity contribution in [3.8, 4) is 0 Å². The third kappa shape index (κ3) is 2.68. The van der Waals surface area contributed by atoms with Crippen molar-refractivity contribution in [1.29, 1.82) is 0 Å². The SMILES string of the molecule is O=C1CCCC1C1CCCN1Cc1cncc(F)c1. The van der Waals surface area contributed by atoms with E-state index in [2.05, 4.69) is 9.88 Å². The molecule has 2 fully saturated rings. The predicted molar refractivity (Wildman–Crippen MR) is 70.0 cm³/mol. The second-order valence-corrected chi connectivity index (χ2v) is 5.66. The van der Waals surface area contributed by atoms with Gasteiger partial charge in [-0.1, -0.05) is 0 Å². The molecule has 2 heterocycles. The zero-order chi connectivity index (χ0) is 13.2. The summed E-state index contributed by atoms with van der Waals surface area (Å²) in [4.78, 5) is 18.1. The van der Waals surface area contributed by atoms with Gasteiger partial charge in [0.25, 0.3) is 0 Å². The lowest BCUT2D eigenvalue weighted by molar-refractivity contribution is -0.122. The van der Waals surface area contributed by atoms with Gasteiger partial charge in [-0.3, -0.25) is 14.7 Å². The van der Waals surface area contributed by atoms with Gasteiger partial charge in [-0.15, -0.1) is 0 Å². The molecule has 3 nitrogen and oxygen atoms in total. The van der Waals surface area contributed by atoms with Crippen molar-refractivity contribution in [3.05, 3.63) is 29.8 Å². The third-order valence-electron chi connectivity index (χ3n) is 4.38. The highest BCUT2D eigenvalue weighted by atomic mass is 19.1. The standard InChI is InChI=1S/C15H19FN2O/c16-12-7-11(8-17-9-12)10-18-6-2-4-14(18)13-3-1-5-15(13)19/h7-9,13-14H,1-6,10H2. The highest BCUT2D eigenvalue weighted by molar-refractivity contribution is 5.83. The van der Waals surface area contributed by atoms with Crippen LogP contribution in [0.5, 0.6) is 0 Å². The molecule has 3 rings (SSSR count). The predicted octanol–water partition coefficient (Wildman–Crippen LogP) is 2.55. The smallest absolute Gasteiger partial charge is 0.141 e. The van der Waals surface area contributed by atoms with E-state index in [4.69, 9.17) is 0 Å². The molecule has 0 spiro atoms. The molecule has 1 aromatic rings. The second-order valence-electron chi connectivity index (χ2n) is 5.66. The maximum Gasteiger partial charge on any atom is 0.141 e. The lowest BCUT2D eigenvalue weighted by Gasteiger charge is -2.28. The van der Waals surface area contributed by atoms with E-state index in [9.17, 15) is 9.18 Å². The molecule has 1 aromatic heterocycles. The van der Waals surface area contributed by atoms with Crippen LogP contribution in [0.4, 0.5) is 4.39 Å². The third-order valence-corrected chi connectivity index (χ3v) is 4.38. The summed E-state index contributed by atoms with van der Waals surface area (Å²) in [6.07, 6.45) is 7.99. The average Bonchev–Trinajstić information content (AvgIpc) is 2.98. The van der Waals surface area contributed by atoms with Gasteiger partial charge in [0.1, 0.15) is 11.6 Å². The minimum Gasteiger partial charge on any atom is -0.299 e. The maximum atomic E-state index is 13.2. The quantitative estimate of drug-likeness (QED) is 0.839. The fourth-order valence-electron chi connectivity index (χ4n) is 3.53.